The third kappa shape index (κ3) is 3.43. The molecule has 0 saturated carbocycles. The van der Waals surface area contributed by atoms with Crippen LogP contribution < -0.4 is 0 Å². The number of rotatable bonds is 5. The zero-order chi connectivity index (χ0) is 14.1. The summed E-state index contributed by atoms with van der Waals surface area (Å²) in [5.74, 6) is 1.29. The summed E-state index contributed by atoms with van der Waals surface area (Å²) in [5.41, 5.74) is -0.342. The minimum atomic E-state index is -2.92. The Morgan fingerprint density at radius 3 is 2.58 bits per heavy atom. The zero-order valence-electron chi connectivity index (χ0n) is 10.7. The second-order valence-electron chi connectivity index (χ2n) is 5.25. The van der Waals surface area contributed by atoms with Crippen LogP contribution in [0.4, 0.5) is 0 Å². The van der Waals surface area contributed by atoms with Crippen molar-refractivity contribution >= 4 is 44.4 Å². The summed E-state index contributed by atoms with van der Waals surface area (Å²) in [4.78, 5) is 5.37. The molecule has 1 aliphatic heterocycles. The molecule has 2 heterocycles. The van der Waals surface area contributed by atoms with Gasteiger partial charge in [-0.1, -0.05) is 0 Å². The molecule has 0 amide bonds. The topological polar surface area (TPSA) is 47.0 Å². The Labute approximate surface area is 128 Å². The Hall–Kier alpha value is 0.160. The number of aromatic nitrogens is 1. The van der Waals surface area contributed by atoms with Gasteiger partial charge in [0.25, 0.3) is 0 Å². The summed E-state index contributed by atoms with van der Waals surface area (Å²) < 4.78 is 23.4. The van der Waals surface area contributed by atoms with Crippen molar-refractivity contribution in [3.8, 4) is 0 Å². The lowest BCUT2D eigenvalue weighted by atomic mass is 9.75. The van der Waals surface area contributed by atoms with E-state index in [4.69, 9.17) is 23.2 Å². The SMILES string of the molecule is Cc1ncc(CC(CCl)(CCl)C2CCS(=O)(=O)C2)s1. The number of sulfone groups is 1. The average molecular weight is 342 g/mol. The molecule has 1 fully saturated rings. The Morgan fingerprint density at radius 1 is 1.47 bits per heavy atom. The minimum Gasteiger partial charge on any atom is -0.250 e. The zero-order valence-corrected chi connectivity index (χ0v) is 13.9. The van der Waals surface area contributed by atoms with Gasteiger partial charge in [0.05, 0.1) is 16.5 Å². The molecule has 0 spiro atoms. The molecular formula is C12H17Cl2NO2S2. The van der Waals surface area contributed by atoms with Crippen LogP contribution in [-0.4, -0.2) is 36.7 Å². The van der Waals surface area contributed by atoms with Gasteiger partial charge in [0.2, 0.25) is 0 Å². The second kappa shape index (κ2) is 5.88. The number of hydrogen-bond acceptors (Lipinski definition) is 4. The molecule has 1 aromatic heterocycles. The van der Waals surface area contributed by atoms with Gasteiger partial charge in [-0.05, 0) is 25.7 Å². The number of aryl methyl sites for hydroxylation is 1. The van der Waals surface area contributed by atoms with Crippen molar-refractivity contribution < 1.29 is 8.42 Å². The van der Waals surface area contributed by atoms with Gasteiger partial charge in [0, 0.05) is 28.2 Å². The van der Waals surface area contributed by atoms with Crippen molar-refractivity contribution in [3.63, 3.8) is 0 Å². The maximum Gasteiger partial charge on any atom is 0.150 e. The van der Waals surface area contributed by atoms with Crippen molar-refractivity contribution in [3.05, 3.63) is 16.1 Å². The number of halogens is 2. The molecule has 0 radical (unpaired) electrons. The molecule has 108 valence electrons. The van der Waals surface area contributed by atoms with Crippen LogP contribution >= 0.6 is 34.5 Å². The van der Waals surface area contributed by atoms with Gasteiger partial charge >= 0.3 is 0 Å². The smallest absolute Gasteiger partial charge is 0.150 e. The molecule has 3 nitrogen and oxygen atoms in total. The van der Waals surface area contributed by atoms with E-state index in [1.807, 2.05) is 13.1 Å². The van der Waals surface area contributed by atoms with E-state index in [-0.39, 0.29) is 22.8 Å². The largest absolute Gasteiger partial charge is 0.250 e. The van der Waals surface area contributed by atoms with Gasteiger partial charge in [-0.25, -0.2) is 13.4 Å². The van der Waals surface area contributed by atoms with Crippen LogP contribution in [0.2, 0.25) is 0 Å². The number of hydrogen-bond donors (Lipinski definition) is 0. The number of nitrogens with zero attached hydrogens (tertiary/aromatic N) is 1. The first kappa shape index (κ1) is 15.5. The summed E-state index contributed by atoms with van der Waals surface area (Å²) in [7, 11) is -2.92. The van der Waals surface area contributed by atoms with Crippen LogP contribution in [0.15, 0.2) is 6.20 Å². The Bertz CT molecular complexity index is 538. The van der Waals surface area contributed by atoms with Gasteiger partial charge < -0.3 is 0 Å². The van der Waals surface area contributed by atoms with Crippen LogP contribution in [0.25, 0.3) is 0 Å². The monoisotopic (exact) mass is 341 g/mol. The summed E-state index contributed by atoms with van der Waals surface area (Å²) in [5, 5.41) is 1.01. The molecule has 0 aliphatic carbocycles. The van der Waals surface area contributed by atoms with Crippen molar-refractivity contribution in [1.29, 1.82) is 0 Å². The fraction of sp³-hybridized carbons (Fsp3) is 0.750. The van der Waals surface area contributed by atoms with Crippen LogP contribution in [-0.2, 0) is 16.3 Å². The number of thiazole rings is 1. The van der Waals surface area contributed by atoms with E-state index >= 15 is 0 Å². The van der Waals surface area contributed by atoms with Crippen molar-refractivity contribution in [2.75, 3.05) is 23.3 Å². The van der Waals surface area contributed by atoms with E-state index in [0.717, 1.165) is 9.88 Å². The summed E-state index contributed by atoms with van der Waals surface area (Å²) in [6.07, 6.45) is 3.22. The highest BCUT2D eigenvalue weighted by Crippen LogP contribution is 2.41. The van der Waals surface area contributed by atoms with Crippen LogP contribution in [0.1, 0.15) is 16.3 Å². The van der Waals surface area contributed by atoms with Crippen molar-refractivity contribution in [2.45, 2.75) is 19.8 Å². The summed E-state index contributed by atoms with van der Waals surface area (Å²) in [6.45, 7) is 1.96. The highest BCUT2D eigenvalue weighted by molar-refractivity contribution is 7.91. The first-order valence-corrected chi connectivity index (χ1v) is 9.85. The number of alkyl halides is 2. The molecule has 1 aliphatic rings. The molecule has 19 heavy (non-hydrogen) atoms. The Morgan fingerprint density at radius 2 is 2.16 bits per heavy atom. The van der Waals surface area contributed by atoms with E-state index in [1.54, 1.807) is 11.3 Å². The van der Waals surface area contributed by atoms with Crippen molar-refractivity contribution in [2.24, 2.45) is 11.3 Å². The second-order valence-corrected chi connectivity index (χ2v) is 9.33. The molecule has 0 N–H and O–H groups in total. The normalized spacial score (nSPS) is 22.8. The lowest BCUT2D eigenvalue weighted by molar-refractivity contribution is 0.246. The maximum atomic E-state index is 11.7. The van der Waals surface area contributed by atoms with E-state index in [2.05, 4.69) is 4.98 Å². The molecule has 0 aromatic carbocycles. The third-order valence-electron chi connectivity index (χ3n) is 3.83. The highest BCUT2D eigenvalue weighted by atomic mass is 35.5. The third-order valence-corrected chi connectivity index (χ3v) is 7.57. The first-order chi connectivity index (χ1) is 8.91. The van der Waals surface area contributed by atoms with Crippen molar-refractivity contribution in [1.82, 2.24) is 4.98 Å². The van der Waals surface area contributed by atoms with Gasteiger partial charge in [0.15, 0.2) is 9.84 Å². The Balaban J connectivity index is 2.22. The van der Waals surface area contributed by atoms with Crippen LogP contribution in [0.5, 0.6) is 0 Å². The molecule has 1 saturated heterocycles. The molecule has 7 heteroatoms. The van der Waals surface area contributed by atoms with Crippen LogP contribution in [0.3, 0.4) is 0 Å². The fourth-order valence-corrected chi connectivity index (χ4v) is 6.41. The van der Waals surface area contributed by atoms with E-state index < -0.39 is 9.84 Å². The quantitative estimate of drug-likeness (QED) is 0.773. The fourth-order valence-electron chi connectivity index (χ4n) is 2.60. The molecular weight excluding hydrogens is 325 g/mol. The Kier molecular flexibility index (Phi) is 4.81. The first-order valence-electron chi connectivity index (χ1n) is 6.14. The van der Waals surface area contributed by atoms with Gasteiger partial charge in [-0.3, -0.25) is 0 Å². The average Bonchev–Trinajstić information content (AvgIpc) is 2.92. The van der Waals surface area contributed by atoms with Crippen LogP contribution in [0, 0.1) is 18.3 Å². The predicted molar refractivity (Wildman–Crippen MR) is 81.2 cm³/mol. The molecule has 0 bridgehead atoms. The van der Waals surface area contributed by atoms with Gasteiger partial charge in [-0.2, -0.15) is 0 Å². The van der Waals surface area contributed by atoms with Gasteiger partial charge in [0.1, 0.15) is 0 Å². The van der Waals surface area contributed by atoms with E-state index in [1.165, 1.54) is 0 Å². The molecule has 1 atom stereocenters. The van der Waals surface area contributed by atoms with E-state index in [9.17, 15) is 8.42 Å². The minimum absolute atomic E-state index is 0.0508. The summed E-state index contributed by atoms with van der Waals surface area (Å²) >= 11 is 13.9. The summed E-state index contributed by atoms with van der Waals surface area (Å²) in [6, 6.07) is 0. The predicted octanol–water partition coefficient (Wildman–Crippen LogP) is 2.89. The highest BCUT2D eigenvalue weighted by Gasteiger charge is 2.44. The molecule has 1 unspecified atom stereocenters. The standard InChI is InChI=1S/C12H17Cl2NO2S2/c1-9-15-5-11(18-9)4-12(7-13,8-14)10-2-3-19(16,17)6-10/h5,10H,2-4,6-8H2,1H3. The maximum absolute atomic E-state index is 11.7. The van der Waals surface area contributed by atoms with E-state index in [0.29, 0.717) is 24.6 Å². The molecule has 1 aromatic rings. The lowest BCUT2D eigenvalue weighted by Gasteiger charge is -2.34. The lowest BCUT2D eigenvalue weighted by Crippen LogP contribution is -2.37. The molecule has 2 rings (SSSR count). The van der Waals surface area contributed by atoms with Gasteiger partial charge in [-0.15, -0.1) is 34.5 Å².